The lowest BCUT2D eigenvalue weighted by Crippen LogP contribution is -2.38. The number of nitrogens with zero attached hydrogens (tertiary/aromatic N) is 4. The highest BCUT2D eigenvalue weighted by Crippen LogP contribution is 2.35. The second kappa shape index (κ2) is 11.1. The van der Waals surface area contributed by atoms with Crippen molar-refractivity contribution < 1.29 is 13.9 Å². The van der Waals surface area contributed by atoms with E-state index in [2.05, 4.69) is 10.2 Å². The lowest BCUT2D eigenvalue weighted by Gasteiger charge is -2.32. The number of aromatic amines is 1. The Labute approximate surface area is 225 Å². The van der Waals surface area contributed by atoms with Gasteiger partial charge in [-0.1, -0.05) is 18.2 Å². The Hall–Kier alpha value is -4.44. The van der Waals surface area contributed by atoms with Crippen LogP contribution in [0.5, 0.6) is 11.5 Å². The Kier molecular flexibility index (Phi) is 7.47. The van der Waals surface area contributed by atoms with Gasteiger partial charge in [0.15, 0.2) is 17.4 Å². The van der Waals surface area contributed by atoms with Gasteiger partial charge in [-0.3, -0.25) is 9.59 Å². The van der Waals surface area contributed by atoms with Crippen LogP contribution in [0.3, 0.4) is 0 Å². The minimum absolute atomic E-state index is 0.0363. The lowest BCUT2D eigenvalue weighted by atomic mass is 9.90. The average Bonchev–Trinajstić information content (AvgIpc) is 3.34. The van der Waals surface area contributed by atoms with Crippen molar-refractivity contribution >= 4 is 22.6 Å². The van der Waals surface area contributed by atoms with Gasteiger partial charge in [-0.05, 0) is 68.9 Å². The number of hydrogen-bond donors (Lipinski definition) is 2. The summed E-state index contributed by atoms with van der Waals surface area (Å²) < 4.78 is 21.5. The van der Waals surface area contributed by atoms with Crippen LogP contribution in [0, 0.1) is 5.82 Å². The Balaban J connectivity index is 1.46. The molecule has 3 N–H and O–H groups in total. The van der Waals surface area contributed by atoms with Crippen LogP contribution >= 0.6 is 0 Å². The SMILES string of the molecule is CN(C)C/C=C/C(=O)N1CCCC(c2cn(-c3ccc(Oc4ccccc4F)cc3)c3c(N)n[nH]c(=O)c23)C1. The number of nitrogen functional groups attached to an aromatic ring is 1. The van der Waals surface area contributed by atoms with E-state index >= 15 is 0 Å². The molecule has 1 unspecified atom stereocenters. The highest BCUT2D eigenvalue weighted by molar-refractivity contribution is 5.92. The number of likely N-dealkylation sites (tertiary alicyclic amines) is 1. The third-order valence-corrected chi connectivity index (χ3v) is 6.87. The third kappa shape index (κ3) is 5.56. The number of piperidine rings is 1. The highest BCUT2D eigenvalue weighted by atomic mass is 19.1. The largest absolute Gasteiger partial charge is 0.454 e. The van der Waals surface area contributed by atoms with Crippen LogP contribution in [0.1, 0.15) is 24.3 Å². The van der Waals surface area contributed by atoms with Crippen molar-refractivity contribution in [2.24, 2.45) is 0 Å². The highest BCUT2D eigenvalue weighted by Gasteiger charge is 2.28. The summed E-state index contributed by atoms with van der Waals surface area (Å²) in [5.74, 6) is 0.262. The number of aromatic nitrogens is 3. The van der Waals surface area contributed by atoms with Crippen molar-refractivity contribution in [3.05, 3.63) is 88.6 Å². The summed E-state index contributed by atoms with van der Waals surface area (Å²) in [5, 5.41) is 6.98. The summed E-state index contributed by atoms with van der Waals surface area (Å²) in [6.45, 7) is 1.85. The molecule has 2 aromatic carbocycles. The van der Waals surface area contributed by atoms with E-state index in [1.54, 1.807) is 36.4 Å². The van der Waals surface area contributed by atoms with Crippen LogP contribution in [0.4, 0.5) is 10.2 Å². The van der Waals surface area contributed by atoms with E-state index in [0.717, 1.165) is 24.1 Å². The van der Waals surface area contributed by atoms with Gasteiger partial charge in [-0.25, -0.2) is 9.49 Å². The Bertz CT molecular complexity index is 1570. The Morgan fingerprint density at radius 3 is 2.74 bits per heavy atom. The maximum absolute atomic E-state index is 14.0. The number of ether oxygens (including phenoxy) is 1. The predicted octanol–water partition coefficient (Wildman–Crippen LogP) is 4.05. The summed E-state index contributed by atoms with van der Waals surface area (Å²) in [7, 11) is 3.90. The predicted molar refractivity (Wildman–Crippen MR) is 149 cm³/mol. The number of fused-ring (bicyclic) bond motifs is 1. The van der Waals surface area contributed by atoms with Gasteiger partial charge in [0.1, 0.15) is 11.3 Å². The molecule has 1 fully saturated rings. The zero-order chi connectivity index (χ0) is 27.5. The topological polar surface area (TPSA) is 109 Å². The van der Waals surface area contributed by atoms with Crippen molar-refractivity contribution in [1.29, 1.82) is 0 Å². The monoisotopic (exact) mass is 530 g/mol. The summed E-state index contributed by atoms with van der Waals surface area (Å²) in [6, 6.07) is 13.3. The number of nitrogens with one attached hydrogen (secondary N) is 1. The minimum Gasteiger partial charge on any atom is -0.454 e. The van der Waals surface area contributed by atoms with Crippen molar-refractivity contribution in [3.8, 4) is 17.2 Å². The van der Waals surface area contributed by atoms with Crippen LogP contribution in [0.15, 0.2) is 71.7 Å². The Morgan fingerprint density at radius 2 is 2.00 bits per heavy atom. The molecule has 202 valence electrons. The molecular formula is C29H31FN6O3. The zero-order valence-corrected chi connectivity index (χ0v) is 21.9. The van der Waals surface area contributed by atoms with Gasteiger partial charge < -0.3 is 24.8 Å². The van der Waals surface area contributed by atoms with E-state index in [-0.39, 0.29) is 29.0 Å². The van der Waals surface area contributed by atoms with E-state index in [1.165, 1.54) is 6.07 Å². The fraction of sp³-hybridized carbons (Fsp3) is 0.276. The molecule has 1 aliphatic heterocycles. The first-order valence-corrected chi connectivity index (χ1v) is 12.8. The standard InChI is InChI=1S/C29H31FN6O3/c1-34(2)15-6-10-25(37)35-16-5-7-19(17-35)22-18-36(27-26(22)29(38)33-32-28(27)31)20-11-13-21(14-12-20)39-24-9-4-3-8-23(24)30/h3-4,6,8-14,18-19H,5,7,15-17H2,1-2H3,(H2,31,32)(H,33,38)/b10-6+. The molecule has 2 aromatic heterocycles. The smallest absolute Gasteiger partial charge is 0.274 e. The molecule has 1 amide bonds. The molecule has 1 aliphatic rings. The maximum atomic E-state index is 14.0. The molecule has 1 saturated heterocycles. The van der Waals surface area contributed by atoms with Crippen LogP contribution in [-0.4, -0.2) is 64.2 Å². The number of halogens is 1. The van der Waals surface area contributed by atoms with Gasteiger partial charge in [0.05, 0.1) is 5.39 Å². The van der Waals surface area contributed by atoms with Crippen molar-refractivity contribution in [2.45, 2.75) is 18.8 Å². The van der Waals surface area contributed by atoms with Crippen molar-refractivity contribution in [1.82, 2.24) is 24.6 Å². The zero-order valence-electron chi connectivity index (χ0n) is 21.9. The van der Waals surface area contributed by atoms with Crippen LogP contribution in [-0.2, 0) is 4.79 Å². The van der Waals surface area contributed by atoms with Gasteiger partial charge in [-0.2, -0.15) is 5.10 Å². The van der Waals surface area contributed by atoms with E-state index in [4.69, 9.17) is 10.5 Å². The molecule has 9 nitrogen and oxygen atoms in total. The van der Waals surface area contributed by atoms with Crippen LogP contribution in [0.2, 0.25) is 0 Å². The number of carbonyl (C=O) groups excluding carboxylic acids is 1. The number of nitrogens with two attached hydrogens (primary N) is 1. The molecule has 1 atom stereocenters. The molecule has 0 spiro atoms. The molecule has 10 heteroatoms. The number of benzene rings is 2. The number of para-hydroxylation sites is 1. The minimum atomic E-state index is -0.450. The first-order chi connectivity index (χ1) is 18.8. The molecular weight excluding hydrogens is 499 g/mol. The molecule has 0 aliphatic carbocycles. The molecule has 3 heterocycles. The average molecular weight is 531 g/mol. The van der Waals surface area contributed by atoms with Crippen LogP contribution < -0.4 is 16.0 Å². The molecule has 5 rings (SSSR count). The molecule has 39 heavy (non-hydrogen) atoms. The van der Waals surface area contributed by atoms with Gasteiger partial charge in [0.25, 0.3) is 5.56 Å². The molecule has 0 saturated carbocycles. The van der Waals surface area contributed by atoms with E-state index in [0.29, 0.717) is 36.3 Å². The second-order valence-electron chi connectivity index (χ2n) is 9.93. The van der Waals surface area contributed by atoms with Gasteiger partial charge in [-0.15, -0.1) is 0 Å². The number of likely N-dealkylation sites (N-methyl/N-ethyl adjacent to an activating group) is 1. The maximum Gasteiger partial charge on any atom is 0.274 e. The third-order valence-electron chi connectivity index (χ3n) is 6.87. The second-order valence-corrected chi connectivity index (χ2v) is 9.93. The number of H-pyrrole nitrogens is 1. The number of hydrogen-bond acceptors (Lipinski definition) is 6. The first kappa shape index (κ1) is 26.2. The molecule has 4 aromatic rings. The summed E-state index contributed by atoms with van der Waals surface area (Å²) in [5.41, 5.74) is 8.00. The first-order valence-electron chi connectivity index (χ1n) is 12.8. The van der Waals surface area contributed by atoms with Gasteiger partial charge in [0.2, 0.25) is 5.91 Å². The normalized spacial score (nSPS) is 15.9. The van der Waals surface area contributed by atoms with E-state index in [1.807, 2.05) is 52.9 Å². The van der Waals surface area contributed by atoms with Crippen molar-refractivity contribution in [3.63, 3.8) is 0 Å². The van der Waals surface area contributed by atoms with E-state index < -0.39 is 5.82 Å². The van der Waals surface area contributed by atoms with Gasteiger partial charge >= 0.3 is 0 Å². The quantitative estimate of drug-likeness (QED) is 0.349. The van der Waals surface area contributed by atoms with Crippen LogP contribution in [0.25, 0.3) is 16.6 Å². The Morgan fingerprint density at radius 1 is 1.23 bits per heavy atom. The number of rotatable bonds is 7. The number of anilines is 1. The molecule has 0 bridgehead atoms. The van der Waals surface area contributed by atoms with Crippen molar-refractivity contribution in [2.75, 3.05) is 39.5 Å². The van der Waals surface area contributed by atoms with Gasteiger partial charge in [0, 0.05) is 43.5 Å². The fourth-order valence-electron chi connectivity index (χ4n) is 4.98. The van der Waals surface area contributed by atoms with E-state index in [9.17, 15) is 14.0 Å². The lowest BCUT2D eigenvalue weighted by molar-refractivity contribution is -0.127. The molecule has 0 radical (unpaired) electrons. The summed E-state index contributed by atoms with van der Waals surface area (Å²) >= 11 is 0. The summed E-state index contributed by atoms with van der Waals surface area (Å²) in [6.07, 6.45) is 7.04. The number of amides is 1. The number of carbonyl (C=O) groups is 1. The fourth-order valence-corrected chi connectivity index (χ4v) is 4.98. The summed E-state index contributed by atoms with van der Waals surface area (Å²) in [4.78, 5) is 29.7.